The Morgan fingerprint density at radius 1 is 1.42 bits per heavy atom. The first-order valence-corrected chi connectivity index (χ1v) is 7.58. The van der Waals surface area contributed by atoms with Crippen LogP contribution in [-0.2, 0) is 19.7 Å². The standard InChI is InChI=1S/C17H15N3O4/c1-3-23-14(21)11-8(2)19-15(22)17(11)10-7-5-4-6-9(10)12-13(17)20-16(18)24-12/h4-7H,3H2,1-2H3,(H2,18,20)(H,19,22). The van der Waals surface area contributed by atoms with Gasteiger partial charge in [0.05, 0.1) is 12.2 Å². The Bertz CT molecular complexity index is 928. The molecule has 0 bridgehead atoms. The average molecular weight is 325 g/mol. The molecular weight excluding hydrogens is 310 g/mol. The molecule has 2 aliphatic rings. The molecule has 4 rings (SSSR count). The van der Waals surface area contributed by atoms with Crippen molar-refractivity contribution in [3.63, 3.8) is 0 Å². The zero-order chi connectivity index (χ0) is 17.1. The van der Waals surface area contributed by atoms with Crippen LogP contribution in [0.15, 0.2) is 40.0 Å². The SMILES string of the molecule is CCOC(=O)C1=C(C)NC(=O)C12c1ccccc1-c1oc(N)nc12. The van der Waals surface area contributed by atoms with E-state index >= 15 is 0 Å². The first-order chi connectivity index (χ1) is 11.5. The molecule has 1 atom stereocenters. The first kappa shape index (κ1) is 14.5. The molecule has 1 aromatic carbocycles. The van der Waals surface area contributed by atoms with Crippen molar-refractivity contribution in [2.24, 2.45) is 0 Å². The lowest BCUT2D eigenvalue weighted by Crippen LogP contribution is -2.40. The van der Waals surface area contributed by atoms with Crippen LogP contribution in [0.25, 0.3) is 11.3 Å². The van der Waals surface area contributed by atoms with Crippen LogP contribution in [0, 0.1) is 0 Å². The van der Waals surface area contributed by atoms with E-state index in [9.17, 15) is 9.59 Å². The number of fused-ring (bicyclic) bond motifs is 5. The molecule has 2 heterocycles. The lowest BCUT2D eigenvalue weighted by molar-refractivity contribution is -0.140. The molecule has 1 aliphatic heterocycles. The van der Waals surface area contributed by atoms with Gasteiger partial charge in [0.2, 0.25) is 5.91 Å². The average Bonchev–Trinajstić information content (AvgIpc) is 3.12. The highest BCUT2D eigenvalue weighted by Crippen LogP contribution is 2.55. The fraction of sp³-hybridized carbons (Fsp3) is 0.235. The third kappa shape index (κ3) is 1.53. The Labute approximate surface area is 137 Å². The largest absolute Gasteiger partial charge is 0.463 e. The van der Waals surface area contributed by atoms with Crippen molar-refractivity contribution in [1.82, 2.24) is 10.3 Å². The summed E-state index contributed by atoms with van der Waals surface area (Å²) >= 11 is 0. The summed E-state index contributed by atoms with van der Waals surface area (Å²) in [5.41, 5.74) is 6.68. The molecule has 0 saturated carbocycles. The second kappa shape index (κ2) is 4.70. The number of nitrogens with zero attached hydrogens (tertiary/aromatic N) is 1. The highest BCUT2D eigenvalue weighted by molar-refractivity contribution is 6.14. The van der Waals surface area contributed by atoms with E-state index in [0.29, 0.717) is 28.3 Å². The number of aromatic nitrogens is 1. The van der Waals surface area contributed by atoms with E-state index in [1.54, 1.807) is 26.0 Å². The Kier molecular flexibility index (Phi) is 2.84. The van der Waals surface area contributed by atoms with Crippen molar-refractivity contribution in [3.05, 3.63) is 46.8 Å². The highest BCUT2D eigenvalue weighted by Gasteiger charge is 2.61. The number of hydrogen-bond acceptors (Lipinski definition) is 6. The summed E-state index contributed by atoms with van der Waals surface area (Å²) < 4.78 is 10.7. The molecule has 7 nitrogen and oxygen atoms in total. The van der Waals surface area contributed by atoms with E-state index in [4.69, 9.17) is 14.9 Å². The maximum atomic E-state index is 13.0. The zero-order valence-corrected chi connectivity index (χ0v) is 13.2. The topological polar surface area (TPSA) is 107 Å². The number of carbonyl (C=O) groups excluding carboxylic acids is 2. The number of allylic oxidation sites excluding steroid dienone is 1. The van der Waals surface area contributed by atoms with Crippen molar-refractivity contribution in [2.45, 2.75) is 19.3 Å². The van der Waals surface area contributed by atoms with E-state index in [1.165, 1.54) is 0 Å². The molecule has 2 aromatic rings. The van der Waals surface area contributed by atoms with Crippen LogP contribution in [0.5, 0.6) is 0 Å². The molecule has 1 aromatic heterocycles. The normalized spacial score (nSPS) is 21.0. The highest BCUT2D eigenvalue weighted by atomic mass is 16.5. The van der Waals surface area contributed by atoms with Gasteiger partial charge in [-0.3, -0.25) is 4.79 Å². The molecule has 1 aliphatic carbocycles. The quantitative estimate of drug-likeness (QED) is 0.810. The van der Waals surface area contributed by atoms with Gasteiger partial charge in [-0.25, -0.2) is 4.79 Å². The minimum atomic E-state index is -1.39. The zero-order valence-electron chi connectivity index (χ0n) is 13.2. The van der Waals surface area contributed by atoms with Crippen LogP contribution in [0.1, 0.15) is 25.1 Å². The van der Waals surface area contributed by atoms with E-state index in [2.05, 4.69) is 10.3 Å². The van der Waals surface area contributed by atoms with Crippen LogP contribution < -0.4 is 11.1 Å². The summed E-state index contributed by atoms with van der Waals surface area (Å²) in [6.07, 6.45) is 0. The third-order valence-electron chi connectivity index (χ3n) is 4.45. The van der Waals surface area contributed by atoms with Gasteiger partial charge in [-0.05, 0) is 19.4 Å². The van der Waals surface area contributed by atoms with Gasteiger partial charge < -0.3 is 20.2 Å². The Hall–Kier alpha value is -3.09. The lowest BCUT2D eigenvalue weighted by atomic mass is 9.75. The summed E-state index contributed by atoms with van der Waals surface area (Å²) in [7, 11) is 0. The molecule has 0 saturated heterocycles. The van der Waals surface area contributed by atoms with Gasteiger partial charge >= 0.3 is 5.97 Å². The van der Waals surface area contributed by atoms with E-state index in [-0.39, 0.29) is 24.1 Å². The van der Waals surface area contributed by atoms with E-state index in [0.717, 1.165) is 0 Å². The monoisotopic (exact) mass is 325 g/mol. The minimum absolute atomic E-state index is 0.0468. The number of ether oxygens (including phenoxy) is 1. The second-order valence-electron chi connectivity index (χ2n) is 5.70. The maximum Gasteiger partial charge on any atom is 0.337 e. The molecule has 0 fully saturated rings. The van der Waals surface area contributed by atoms with Crippen molar-refractivity contribution in [1.29, 1.82) is 0 Å². The lowest BCUT2D eigenvalue weighted by Gasteiger charge is -2.24. The van der Waals surface area contributed by atoms with Crippen LogP contribution in [0.3, 0.4) is 0 Å². The number of esters is 1. The van der Waals surface area contributed by atoms with Crippen LogP contribution in [0.2, 0.25) is 0 Å². The van der Waals surface area contributed by atoms with Gasteiger partial charge in [-0.15, -0.1) is 0 Å². The molecular formula is C17H15N3O4. The van der Waals surface area contributed by atoms with Gasteiger partial charge in [0, 0.05) is 11.3 Å². The van der Waals surface area contributed by atoms with E-state index < -0.39 is 11.4 Å². The van der Waals surface area contributed by atoms with Gasteiger partial charge in [0.25, 0.3) is 6.01 Å². The smallest absolute Gasteiger partial charge is 0.337 e. The summed E-state index contributed by atoms with van der Waals surface area (Å²) in [4.78, 5) is 29.8. The molecule has 3 N–H and O–H groups in total. The maximum absolute atomic E-state index is 13.0. The van der Waals surface area contributed by atoms with Crippen molar-refractivity contribution in [3.8, 4) is 11.3 Å². The van der Waals surface area contributed by atoms with Gasteiger partial charge in [0.15, 0.2) is 11.2 Å². The first-order valence-electron chi connectivity index (χ1n) is 7.58. The summed E-state index contributed by atoms with van der Waals surface area (Å²) in [5, 5.41) is 2.75. The van der Waals surface area contributed by atoms with Crippen molar-refractivity contribution in [2.75, 3.05) is 12.3 Å². The number of carbonyl (C=O) groups is 2. The van der Waals surface area contributed by atoms with Crippen LogP contribution in [0.4, 0.5) is 6.01 Å². The Morgan fingerprint density at radius 3 is 2.92 bits per heavy atom. The number of anilines is 1. The molecule has 24 heavy (non-hydrogen) atoms. The van der Waals surface area contributed by atoms with Gasteiger partial charge in [0.1, 0.15) is 5.69 Å². The molecule has 7 heteroatoms. The second-order valence-corrected chi connectivity index (χ2v) is 5.70. The third-order valence-corrected chi connectivity index (χ3v) is 4.45. The fourth-order valence-electron chi connectivity index (χ4n) is 3.62. The Balaban J connectivity index is 2.08. The van der Waals surface area contributed by atoms with Crippen molar-refractivity contribution >= 4 is 17.9 Å². The number of hydrogen-bond donors (Lipinski definition) is 2. The number of amides is 1. The molecule has 1 amide bonds. The van der Waals surface area contributed by atoms with E-state index in [1.807, 2.05) is 12.1 Å². The number of rotatable bonds is 2. The molecule has 1 unspecified atom stereocenters. The number of benzene rings is 1. The molecule has 122 valence electrons. The minimum Gasteiger partial charge on any atom is -0.463 e. The number of nitrogen functional groups attached to an aromatic ring is 1. The summed E-state index contributed by atoms with van der Waals surface area (Å²) in [6.45, 7) is 3.59. The fourth-order valence-corrected chi connectivity index (χ4v) is 3.62. The number of nitrogens with two attached hydrogens (primary N) is 1. The summed E-state index contributed by atoms with van der Waals surface area (Å²) in [5.74, 6) is -0.505. The summed E-state index contributed by atoms with van der Waals surface area (Å²) in [6, 6.07) is 7.19. The predicted molar refractivity (Wildman–Crippen MR) is 84.6 cm³/mol. The molecule has 0 radical (unpaired) electrons. The number of oxazole rings is 1. The molecule has 1 spiro atoms. The van der Waals surface area contributed by atoms with Crippen LogP contribution in [-0.4, -0.2) is 23.5 Å². The number of nitrogens with one attached hydrogen (secondary N) is 1. The van der Waals surface area contributed by atoms with Gasteiger partial charge in [-0.2, -0.15) is 4.98 Å². The Morgan fingerprint density at radius 2 is 2.17 bits per heavy atom. The van der Waals surface area contributed by atoms with Gasteiger partial charge in [-0.1, -0.05) is 24.3 Å². The van der Waals surface area contributed by atoms with Crippen molar-refractivity contribution < 1.29 is 18.7 Å². The predicted octanol–water partition coefficient (Wildman–Crippen LogP) is 1.49. The van der Waals surface area contributed by atoms with Crippen LogP contribution >= 0.6 is 0 Å².